The Morgan fingerprint density at radius 3 is 2.58 bits per heavy atom. The number of hydrogen-bond acceptors (Lipinski definition) is 5. The molecule has 0 aliphatic heterocycles. The lowest BCUT2D eigenvalue weighted by Crippen LogP contribution is -2.00. The maximum Gasteiger partial charge on any atom is 0.216 e. The van der Waals surface area contributed by atoms with Gasteiger partial charge in [-0.05, 0) is 59.7 Å². The van der Waals surface area contributed by atoms with Crippen LogP contribution >= 0.6 is 12.2 Å². The maximum absolute atomic E-state index is 9.31. The van der Waals surface area contributed by atoms with Crippen molar-refractivity contribution in [3.05, 3.63) is 70.3 Å². The van der Waals surface area contributed by atoms with E-state index in [4.69, 9.17) is 17.0 Å². The molecule has 0 amide bonds. The van der Waals surface area contributed by atoms with Crippen LogP contribution in [0.15, 0.2) is 53.6 Å². The van der Waals surface area contributed by atoms with Crippen LogP contribution in [0.4, 0.5) is 0 Å². The Morgan fingerprint density at radius 1 is 1.21 bits per heavy atom. The highest BCUT2D eigenvalue weighted by molar-refractivity contribution is 7.71. The molecule has 2 aromatic carbocycles. The molecular weight excluding hydrogens is 324 g/mol. The van der Waals surface area contributed by atoms with Gasteiger partial charge in [0.05, 0.1) is 13.3 Å². The highest BCUT2D eigenvalue weighted by Gasteiger charge is 2.06. The van der Waals surface area contributed by atoms with Gasteiger partial charge in [0.15, 0.2) is 5.82 Å². The summed E-state index contributed by atoms with van der Waals surface area (Å²) in [6.45, 7) is 0. The average Bonchev–Trinajstić information content (AvgIpc) is 2.95. The molecule has 0 spiro atoms. The molecule has 7 heteroatoms. The molecule has 0 fully saturated rings. The number of phenolic OH excluding ortho intramolecular Hbond substituents is 1. The molecule has 0 bridgehead atoms. The summed E-state index contributed by atoms with van der Waals surface area (Å²) in [5.41, 5.74) is 1.93. The molecule has 1 heterocycles. The van der Waals surface area contributed by atoms with Crippen molar-refractivity contribution < 1.29 is 9.84 Å². The van der Waals surface area contributed by atoms with Crippen LogP contribution in [0, 0.1) is 4.77 Å². The first-order valence-electron chi connectivity index (χ1n) is 7.28. The third-order valence-corrected chi connectivity index (χ3v) is 3.72. The summed E-state index contributed by atoms with van der Waals surface area (Å²) in [6.07, 6.45) is 2.26. The Labute approximate surface area is 144 Å². The fraction of sp³-hybridized carbons (Fsp3) is 0.118. The number of aromatic hydroxyl groups is 1. The van der Waals surface area contributed by atoms with Gasteiger partial charge < -0.3 is 9.84 Å². The molecule has 2 N–H and O–H groups in total. The Balaban J connectivity index is 1.82. The third kappa shape index (κ3) is 3.69. The van der Waals surface area contributed by atoms with E-state index in [-0.39, 0.29) is 5.75 Å². The van der Waals surface area contributed by atoms with Crippen LogP contribution in [0.2, 0.25) is 0 Å². The highest BCUT2D eigenvalue weighted by Crippen LogP contribution is 2.14. The predicted octanol–water partition coefficient (Wildman–Crippen LogP) is 3.13. The molecule has 3 rings (SSSR count). The number of nitrogens with one attached hydrogen (secondary N) is 1. The van der Waals surface area contributed by atoms with Gasteiger partial charge in [-0.3, -0.25) is 5.10 Å². The van der Waals surface area contributed by atoms with Crippen molar-refractivity contribution >= 4 is 18.4 Å². The summed E-state index contributed by atoms with van der Waals surface area (Å²) in [7, 11) is 1.64. The summed E-state index contributed by atoms with van der Waals surface area (Å²) in [4.78, 5) is 0. The number of nitrogens with zero attached hydrogens (tertiary/aromatic N) is 3. The molecule has 0 atom stereocenters. The molecule has 0 radical (unpaired) electrons. The number of H-pyrrole nitrogens is 1. The second kappa shape index (κ2) is 7.10. The fourth-order valence-corrected chi connectivity index (χ4v) is 2.37. The van der Waals surface area contributed by atoms with E-state index in [2.05, 4.69) is 15.3 Å². The molecule has 0 saturated heterocycles. The maximum atomic E-state index is 9.31. The standard InChI is InChI=1S/C17H16N4O2S/c1-23-15-8-4-12(5-9-15)10-16-19-20-17(24)21(16)18-11-13-2-6-14(22)7-3-13/h2-9,11,22H,10H2,1H3,(H,20,24)/b18-11+. The van der Waals surface area contributed by atoms with E-state index in [0.29, 0.717) is 17.0 Å². The number of aromatic nitrogens is 3. The van der Waals surface area contributed by atoms with Crippen LogP contribution in [0.1, 0.15) is 17.0 Å². The minimum atomic E-state index is 0.215. The molecule has 0 unspecified atom stereocenters. The number of methoxy groups -OCH3 is 1. The fourth-order valence-electron chi connectivity index (χ4n) is 2.17. The van der Waals surface area contributed by atoms with Gasteiger partial charge in [0.2, 0.25) is 4.77 Å². The minimum absolute atomic E-state index is 0.215. The Kier molecular flexibility index (Phi) is 4.72. The number of ether oxygens (including phenoxy) is 1. The van der Waals surface area contributed by atoms with E-state index >= 15 is 0 Å². The van der Waals surface area contributed by atoms with Crippen molar-refractivity contribution in [2.75, 3.05) is 7.11 Å². The lowest BCUT2D eigenvalue weighted by atomic mass is 10.1. The molecule has 6 nitrogen and oxygen atoms in total. The zero-order valence-electron chi connectivity index (χ0n) is 13.0. The summed E-state index contributed by atoms with van der Waals surface area (Å²) in [5, 5.41) is 20.7. The zero-order valence-corrected chi connectivity index (χ0v) is 13.8. The van der Waals surface area contributed by atoms with Gasteiger partial charge in [-0.25, -0.2) is 0 Å². The molecule has 3 aromatic rings. The minimum Gasteiger partial charge on any atom is -0.508 e. The largest absolute Gasteiger partial charge is 0.508 e. The van der Waals surface area contributed by atoms with Crippen molar-refractivity contribution in [2.24, 2.45) is 5.10 Å². The van der Waals surface area contributed by atoms with Crippen molar-refractivity contribution in [1.29, 1.82) is 0 Å². The Hall–Kier alpha value is -2.93. The second-order valence-electron chi connectivity index (χ2n) is 5.12. The Bertz CT molecular complexity index is 896. The van der Waals surface area contributed by atoms with E-state index in [1.807, 2.05) is 24.3 Å². The summed E-state index contributed by atoms with van der Waals surface area (Å²) in [5.74, 6) is 1.73. The SMILES string of the molecule is COc1ccc(Cc2n[nH]c(=S)n2/N=C/c2ccc(O)cc2)cc1. The first-order chi connectivity index (χ1) is 11.7. The zero-order chi connectivity index (χ0) is 16.9. The summed E-state index contributed by atoms with van der Waals surface area (Å²) >= 11 is 5.24. The Morgan fingerprint density at radius 2 is 1.92 bits per heavy atom. The molecule has 0 aliphatic carbocycles. The molecule has 0 saturated carbocycles. The number of aromatic amines is 1. The number of benzene rings is 2. The second-order valence-corrected chi connectivity index (χ2v) is 5.50. The average molecular weight is 340 g/mol. The van der Waals surface area contributed by atoms with Gasteiger partial charge >= 0.3 is 0 Å². The van der Waals surface area contributed by atoms with Gasteiger partial charge in [-0.1, -0.05) is 12.1 Å². The lowest BCUT2D eigenvalue weighted by molar-refractivity contribution is 0.414. The van der Waals surface area contributed by atoms with E-state index < -0.39 is 0 Å². The van der Waals surface area contributed by atoms with Gasteiger partial charge in [-0.2, -0.15) is 14.9 Å². The van der Waals surface area contributed by atoms with E-state index in [1.165, 1.54) is 0 Å². The van der Waals surface area contributed by atoms with E-state index in [9.17, 15) is 5.11 Å². The molecule has 24 heavy (non-hydrogen) atoms. The summed E-state index contributed by atoms with van der Waals surface area (Å²) in [6, 6.07) is 14.5. The molecule has 1 aromatic heterocycles. The number of rotatable bonds is 5. The van der Waals surface area contributed by atoms with Crippen molar-refractivity contribution in [1.82, 2.24) is 14.9 Å². The van der Waals surface area contributed by atoms with Crippen LogP contribution in [-0.2, 0) is 6.42 Å². The topological polar surface area (TPSA) is 75.4 Å². The smallest absolute Gasteiger partial charge is 0.216 e. The van der Waals surface area contributed by atoms with Crippen molar-refractivity contribution in [2.45, 2.75) is 6.42 Å². The molecule has 0 aliphatic rings. The van der Waals surface area contributed by atoms with Gasteiger partial charge in [0, 0.05) is 6.42 Å². The van der Waals surface area contributed by atoms with Crippen LogP contribution in [-0.4, -0.2) is 33.3 Å². The predicted molar refractivity (Wildman–Crippen MR) is 94.3 cm³/mol. The first kappa shape index (κ1) is 15.9. The van der Waals surface area contributed by atoms with Gasteiger partial charge in [-0.15, -0.1) is 0 Å². The van der Waals surface area contributed by atoms with Gasteiger partial charge in [0.1, 0.15) is 11.5 Å². The van der Waals surface area contributed by atoms with E-state index in [0.717, 1.165) is 16.9 Å². The van der Waals surface area contributed by atoms with Crippen LogP contribution in [0.3, 0.4) is 0 Å². The van der Waals surface area contributed by atoms with E-state index in [1.54, 1.807) is 42.3 Å². The monoisotopic (exact) mass is 340 g/mol. The lowest BCUT2D eigenvalue weighted by Gasteiger charge is -2.03. The molecular formula is C17H16N4O2S. The van der Waals surface area contributed by atoms with Crippen LogP contribution < -0.4 is 4.74 Å². The third-order valence-electron chi connectivity index (χ3n) is 3.45. The molecule has 122 valence electrons. The quantitative estimate of drug-likeness (QED) is 0.553. The van der Waals surface area contributed by atoms with Crippen molar-refractivity contribution in [3.63, 3.8) is 0 Å². The van der Waals surface area contributed by atoms with Crippen molar-refractivity contribution in [3.8, 4) is 11.5 Å². The highest BCUT2D eigenvalue weighted by atomic mass is 32.1. The number of hydrogen-bond donors (Lipinski definition) is 2. The van der Waals surface area contributed by atoms with Gasteiger partial charge in [0.25, 0.3) is 0 Å². The number of phenols is 1. The van der Waals surface area contributed by atoms with Crippen LogP contribution in [0.5, 0.6) is 11.5 Å². The summed E-state index contributed by atoms with van der Waals surface area (Å²) < 4.78 is 7.17. The normalized spacial score (nSPS) is 11.0. The van der Waals surface area contributed by atoms with Crippen LogP contribution in [0.25, 0.3) is 0 Å². The first-order valence-corrected chi connectivity index (χ1v) is 7.69.